The second-order valence-corrected chi connectivity index (χ2v) is 5.33. The van der Waals surface area contributed by atoms with Crippen molar-refractivity contribution in [2.45, 2.75) is 6.04 Å². The van der Waals surface area contributed by atoms with Crippen molar-refractivity contribution in [2.24, 2.45) is 0 Å². The minimum absolute atomic E-state index is 0.307. The molecule has 0 aliphatic carbocycles. The largest absolute Gasteiger partial charge is 0.309 e. The van der Waals surface area contributed by atoms with Gasteiger partial charge < -0.3 is 5.32 Å². The van der Waals surface area contributed by atoms with Crippen molar-refractivity contribution >= 4 is 38.6 Å². The van der Waals surface area contributed by atoms with Gasteiger partial charge in [-0.15, -0.1) is 0 Å². The van der Waals surface area contributed by atoms with Crippen molar-refractivity contribution < 1.29 is 0 Å². The molecule has 0 aromatic carbocycles. The van der Waals surface area contributed by atoms with E-state index in [2.05, 4.69) is 48.8 Å². The minimum Gasteiger partial charge on any atom is -0.309 e. The topological polar surface area (TPSA) is 12.0 Å². The summed E-state index contributed by atoms with van der Waals surface area (Å²) < 4.78 is 1.19. The average molecular weight is 288 g/mol. The summed E-state index contributed by atoms with van der Waals surface area (Å²) in [7, 11) is 1.99. The first-order valence-corrected chi connectivity index (χ1v) is 6.91. The van der Waals surface area contributed by atoms with E-state index in [9.17, 15) is 0 Å². The van der Waals surface area contributed by atoms with Gasteiger partial charge in [0.1, 0.15) is 0 Å². The van der Waals surface area contributed by atoms with Gasteiger partial charge in [-0.05, 0) is 56.3 Å². The van der Waals surface area contributed by atoms with E-state index in [-0.39, 0.29) is 0 Å². The fraction of sp³-hybridized carbons (Fsp3) is 0.200. The SMILES string of the molecule is CNC(c1ccsc1)c1cscc1Br. The quantitative estimate of drug-likeness (QED) is 0.903. The molecule has 0 fully saturated rings. The highest BCUT2D eigenvalue weighted by Crippen LogP contribution is 2.31. The lowest BCUT2D eigenvalue weighted by atomic mass is 10.1. The lowest BCUT2D eigenvalue weighted by molar-refractivity contribution is 0.694. The Balaban J connectivity index is 2.36. The number of thiophene rings is 2. The molecule has 0 aliphatic heterocycles. The first-order valence-electron chi connectivity index (χ1n) is 4.24. The van der Waals surface area contributed by atoms with Crippen LogP contribution in [0.5, 0.6) is 0 Å². The van der Waals surface area contributed by atoms with Crippen molar-refractivity contribution in [3.8, 4) is 0 Å². The van der Waals surface area contributed by atoms with Crippen LogP contribution in [0.15, 0.2) is 32.1 Å². The predicted molar refractivity (Wildman–Crippen MR) is 67.2 cm³/mol. The Morgan fingerprint density at radius 2 is 2.14 bits per heavy atom. The summed E-state index contributed by atoms with van der Waals surface area (Å²) in [5.74, 6) is 0. The molecule has 74 valence electrons. The van der Waals surface area contributed by atoms with E-state index in [4.69, 9.17) is 0 Å². The van der Waals surface area contributed by atoms with E-state index in [0.29, 0.717) is 6.04 Å². The Morgan fingerprint density at radius 3 is 2.64 bits per heavy atom. The van der Waals surface area contributed by atoms with Crippen LogP contribution < -0.4 is 5.32 Å². The summed E-state index contributed by atoms with van der Waals surface area (Å²) >= 11 is 7.03. The summed E-state index contributed by atoms with van der Waals surface area (Å²) in [6.45, 7) is 0. The molecule has 1 N–H and O–H groups in total. The lowest BCUT2D eigenvalue weighted by Crippen LogP contribution is -2.16. The van der Waals surface area contributed by atoms with Crippen LogP contribution in [0.1, 0.15) is 17.2 Å². The molecule has 0 saturated carbocycles. The minimum atomic E-state index is 0.307. The van der Waals surface area contributed by atoms with E-state index >= 15 is 0 Å². The van der Waals surface area contributed by atoms with Crippen LogP contribution >= 0.6 is 38.6 Å². The molecule has 14 heavy (non-hydrogen) atoms. The Hall–Kier alpha value is -0.160. The van der Waals surface area contributed by atoms with Crippen molar-refractivity contribution in [1.82, 2.24) is 5.32 Å². The molecular weight excluding hydrogens is 278 g/mol. The van der Waals surface area contributed by atoms with Gasteiger partial charge in [0.05, 0.1) is 6.04 Å². The molecule has 0 saturated heterocycles. The molecule has 0 aliphatic rings. The third-order valence-corrected chi connectivity index (χ3v) is 4.57. The van der Waals surface area contributed by atoms with E-state index in [1.807, 2.05) is 7.05 Å². The van der Waals surface area contributed by atoms with Gasteiger partial charge in [-0.1, -0.05) is 0 Å². The molecule has 1 nitrogen and oxygen atoms in total. The molecule has 0 bridgehead atoms. The maximum Gasteiger partial charge on any atom is 0.0601 e. The highest BCUT2D eigenvalue weighted by atomic mass is 79.9. The Bertz CT molecular complexity index is 394. The number of hydrogen-bond donors (Lipinski definition) is 1. The molecule has 4 heteroatoms. The van der Waals surface area contributed by atoms with E-state index < -0.39 is 0 Å². The van der Waals surface area contributed by atoms with Crippen LogP contribution in [0, 0.1) is 0 Å². The first-order chi connectivity index (χ1) is 6.83. The van der Waals surface area contributed by atoms with Crippen LogP contribution in [0.2, 0.25) is 0 Å². The highest BCUT2D eigenvalue weighted by molar-refractivity contribution is 9.10. The van der Waals surface area contributed by atoms with Gasteiger partial charge in [0.2, 0.25) is 0 Å². The summed E-state index contributed by atoms with van der Waals surface area (Å²) in [5, 5.41) is 11.9. The molecule has 2 aromatic rings. The van der Waals surface area contributed by atoms with Crippen molar-refractivity contribution in [1.29, 1.82) is 0 Å². The third-order valence-electron chi connectivity index (χ3n) is 2.12. The second-order valence-electron chi connectivity index (χ2n) is 2.95. The van der Waals surface area contributed by atoms with Gasteiger partial charge >= 0.3 is 0 Å². The molecule has 1 atom stereocenters. The van der Waals surface area contributed by atoms with E-state index in [1.54, 1.807) is 22.7 Å². The monoisotopic (exact) mass is 287 g/mol. The summed E-state index contributed by atoms with van der Waals surface area (Å²) in [6, 6.07) is 2.47. The van der Waals surface area contributed by atoms with Crippen molar-refractivity contribution in [3.63, 3.8) is 0 Å². The van der Waals surface area contributed by atoms with Crippen LogP contribution in [0.25, 0.3) is 0 Å². The number of hydrogen-bond acceptors (Lipinski definition) is 3. The Labute approximate surface area is 99.9 Å². The molecule has 0 spiro atoms. The molecule has 2 rings (SSSR count). The molecule has 2 aromatic heterocycles. The smallest absolute Gasteiger partial charge is 0.0601 e. The third kappa shape index (κ3) is 1.93. The van der Waals surface area contributed by atoms with Gasteiger partial charge in [0.25, 0.3) is 0 Å². The van der Waals surface area contributed by atoms with Gasteiger partial charge in [0.15, 0.2) is 0 Å². The van der Waals surface area contributed by atoms with Gasteiger partial charge in [-0.25, -0.2) is 0 Å². The second kappa shape index (κ2) is 4.57. The van der Waals surface area contributed by atoms with Crippen molar-refractivity contribution in [3.05, 3.63) is 43.2 Å². The lowest BCUT2D eigenvalue weighted by Gasteiger charge is -2.14. The normalized spacial score (nSPS) is 13.0. The average Bonchev–Trinajstić information content (AvgIpc) is 2.80. The van der Waals surface area contributed by atoms with Gasteiger partial charge in [-0.3, -0.25) is 0 Å². The fourth-order valence-corrected chi connectivity index (χ4v) is 3.68. The zero-order valence-electron chi connectivity index (χ0n) is 7.66. The Kier molecular flexibility index (Phi) is 3.38. The van der Waals surface area contributed by atoms with Crippen LogP contribution in [-0.2, 0) is 0 Å². The predicted octanol–water partition coefficient (Wildman–Crippen LogP) is 3.88. The van der Waals surface area contributed by atoms with E-state index in [1.165, 1.54) is 15.6 Å². The fourth-order valence-electron chi connectivity index (χ4n) is 1.44. The summed E-state index contributed by atoms with van der Waals surface area (Å²) in [4.78, 5) is 0. The zero-order chi connectivity index (χ0) is 9.97. The van der Waals surface area contributed by atoms with Crippen LogP contribution in [0.3, 0.4) is 0 Å². The molecular formula is C10H10BrNS2. The van der Waals surface area contributed by atoms with Crippen LogP contribution in [0.4, 0.5) is 0 Å². The Morgan fingerprint density at radius 1 is 1.29 bits per heavy atom. The maximum atomic E-state index is 3.57. The number of halogens is 1. The molecule has 0 radical (unpaired) electrons. The molecule has 1 unspecified atom stereocenters. The summed E-state index contributed by atoms with van der Waals surface area (Å²) in [5.41, 5.74) is 2.65. The van der Waals surface area contributed by atoms with Gasteiger partial charge in [0, 0.05) is 9.85 Å². The zero-order valence-corrected chi connectivity index (χ0v) is 10.9. The number of nitrogens with one attached hydrogen (secondary N) is 1. The standard InChI is InChI=1S/C10H10BrNS2/c1-12-10(7-2-3-13-4-7)8-5-14-6-9(8)11/h2-6,10,12H,1H3. The van der Waals surface area contributed by atoms with E-state index in [0.717, 1.165) is 0 Å². The number of rotatable bonds is 3. The maximum absolute atomic E-state index is 3.57. The highest BCUT2D eigenvalue weighted by Gasteiger charge is 2.15. The molecule has 2 heterocycles. The van der Waals surface area contributed by atoms with Crippen LogP contribution in [-0.4, -0.2) is 7.05 Å². The molecule has 0 amide bonds. The van der Waals surface area contributed by atoms with Gasteiger partial charge in [-0.2, -0.15) is 22.7 Å². The summed E-state index contributed by atoms with van der Waals surface area (Å²) in [6.07, 6.45) is 0. The van der Waals surface area contributed by atoms with Crippen molar-refractivity contribution in [2.75, 3.05) is 7.05 Å². The first kappa shape index (κ1) is 10.4.